The van der Waals surface area contributed by atoms with E-state index in [0.717, 1.165) is 25.9 Å². The van der Waals surface area contributed by atoms with Crippen LogP contribution in [0.15, 0.2) is 39.7 Å². The van der Waals surface area contributed by atoms with E-state index in [-0.39, 0.29) is 59.2 Å². The van der Waals surface area contributed by atoms with Gasteiger partial charge in [-0.25, -0.2) is 47.3 Å². The van der Waals surface area contributed by atoms with Crippen LogP contribution in [0.4, 0.5) is 9.59 Å². The van der Waals surface area contributed by atoms with Gasteiger partial charge in [0.05, 0.1) is 13.1 Å². The number of thioether (sulfide) groups is 2. The van der Waals surface area contributed by atoms with Crippen molar-refractivity contribution in [2.24, 2.45) is 0 Å². The molecule has 2 N–H and O–H groups in total. The largest absolute Gasteiger partial charge is 0.461 e. The number of aromatic nitrogens is 3. The van der Waals surface area contributed by atoms with E-state index in [0.29, 0.717) is 35.9 Å². The first kappa shape index (κ1) is 39.1. The molecule has 45 heavy (non-hydrogen) atoms. The van der Waals surface area contributed by atoms with Crippen molar-refractivity contribution >= 4 is 47.6 Å². The van der Waals surface area contributed by atoms with E-state index >= 15 is 0 Å². The molecule has 1 aromatic heterocycles. The molecule has 0 bridgehead atoms. The molecule has 0 aliphatic rings. The summed E-state index contributed by atoms with van der Waals surface area (Å²) < 4.78 is 22.7. The lowest BCUT2D eigenvalue weighted by molar-refractivity contribution is -0.138. The van der Waals surface area contributed by atoms with E-state index in [1.165, 1.54) is 23.5 Å². The highest BCUT2D eigenvalue weighted by atomic mass is 32.2. The maximum atomic E-state index is 13.0. The molecule has 1 heterocycles. The van der Waals surface area contributed by atoms with Crippen molar-refractivity contribution in [3.63, 3.8) is 0 Å². The predicted octanol–water partition coefficient (Wildman–Crippen LogP) is 0.349. The van der Waals surface area contributed by atoms with Crippen LogP contribution < -0.4 is 27.7 Å². The minimum Gasteiger partial charge on any atom is -0.461 e. The van der Waals surface area contributed by atoms with Crippen LogP contribution in [0.5, 0.6) is 0 Å². The molecule has 252 valence electrons. The number of carbonyl (C=O) groups excluding carboxylic acids is 4. The van der Waals surface area contributed by atoms with Gasteiger partial charge in [-0.1, -0.05) is 13.2 Å². The summed E-state index contributed by atoms with van der Waals surface area (Å²) in [5, 5.41) is 4.88. The van der Waals surface area contributed by atoms with Gasteiger partial charge in [0.1, 0.15) is 26.4 Å². The number of alkyl carbamates (subject to hydrolysis) is 2. The average Bonchev–Trinajstić information content (AvgIpc) is 3.03. The Labute approximate surface area is 268 Å². The van der Waals surface area contributed by atoms with Crippen molar-refractivity contribution in [2.45, 2.75) is 39.4 Å². The molecule has 0 saturated heterocycles. The summed E-state index contributed by atoms with van der Waals surface area (Å²) in [5.41, 5.74) is -1.98. The fourth-order valence-electron chi connectivity index (χ4n) is 3.41. The summed E-state index contributed by atoms with van der Waals surface area (Å²) in [6.07, 6.45) is 1.71. The van der Waals surface area contributed by atoms with Gasteiger partial charge in [-0.15, -0.1) is 0 Å². The van der Waals surface area contributed by atoms with Crippen LogP contribution in [-0.2, 0) is 48.2 Å². The minimum atomic E-state index is -0.665. The van der Waals surface area contributed by atoms with Gasteiger partial charge in [0, 0.05) is 43.3 Å². The zero-order valence-electron chi connectivity index (χ0n) is 25.3. The second-order valence-electron chi connectivity index (χ2n) is 8.70. The standard InChI is InChI=1S/C27H41N5O11S2/c1-4-21(33)40-13-9-28-23(35)42-15-19-44-17-7-11-31-25(37)30(6-3)26(38)32(27(31)39)12-8-18-45-20-16-43-24(36)29-10-14-41-22(34)5-2/h4-5H,1-2,6-20H2,3H3,(H,28,35)(H,29,36). The molecule has 0 saturated carbocycles. The Hall–Kier alpha value is -3.93. The lowest BCUT2D eigenvalue weighted by atomic mass is 10.4. The summed E-state index contributed by atoms with van der Waals surface area (Å²) in [6, 6.07) is 0. The van der Waals surface area contributed by atoms with Crippen molar-refractivity contribution in [1.29, 1.82) is 0 Å². The summed E-state index contributed by atoms with van der Waals surface area (Å²) >= 11 is 2.95. The molecule has 0 aromatic carbocycles. The number of ether oxygens (including phenoxy) is 4. The molecule has 0 spiro atoms. The summed E-state index contributed by atoms with van der Waals surface area (Å²) in [5.74, 6) is 0.982. The summed E-state index contributed by atoms with van der Waals surface area (Å²) in [7, 11) is 0. The number of hydrogen-bond donors (Lipinski definition) is 2. The van der Waals surface area contributed by atoms with E-state index in [1.807, 2.05) is 0 Å². The zero-order valence-corrected chi connectivity index (χ0v) is 27.0. The summed E-state index contributed by atoms with van der Waals surface area (Å²) in [6.45, 7) is 9.04. The van der Waals surface area contributed by atoms with Gasteiger partial charge in [-0.05, 0) is 31.3 Å². The number of nitrogens with one attached hydrogen (secondary N) is 2. The monoisotopic (exact) mass is 675 g/mol. The fraction of sp³-hybridized carbons (Fsp3) is 0.593. The third-order valence-corrected chi connectivity index (χ3v) is 7.59. The van der Waals surface area contributed by atoms with Gasteiger partial charge in [0.2, 0.25) is 0 Å². The molecule has 18 heteroatoms. The van der Waals surface area contributed by atoms with E-state index in [4.69, 9.17) is 18.9 Å². The van der Waals surface area contributed by atoms with Crippen LogP contribution in [0.2, 0.25) is 0 Å². The lowest BCUT2D eigenvalue weighted by Crippen LogP contribution is -2.54. The van der Waals surface area contributed by atoms with Gasteiger partial charge < -0.3 is 29.6 Å². The molecule has 0 unspecified atom stereocenters. The molecule has 0 radical (unpaired) electrons. The van der Waals surface area contributed by atoms with Crippen LogP contribution in [0.3, 0.4) is 0 Å². The zero-order chi connectivity index (χ0) is 33.5. The van der Waals surface area contributed by atoms with Crippen molar-refractivity contribution in [2.75, 3.05) is 62.5 Å². The number of rotatable bonds is 23. The molecule has 0 aliphatic heterocycles. The SMILES string of the molecule is C=CC(=O)OCCNC(=O)OCCSCCCn1c(=O)n(CC)c(=O)n(CCCSCCOC(=O)NCCOC(=O)C=C)c1=O. The Morgan fingerprint density at radius 3 is 1.42 bits per heavy atom. The number of esters is 2. The maximum absolute atomic E-state index is 13.0. The molecule has 16 nitrogen and oxygen atoms in total. The molecule has 1 rings (SSSR count). The van der Waals surface area contributed by atoms with Crippen molar-refractivity contribution in [1.82, 2.24) is 24.3 Å². The van der Waals surface area contributed by atoms with E-state index < -0.39 is 41.2 Å². The average molecular weight is 676 g/mol. The van der Waals surface area contributed by atoms with Gasteiger partial charge in [-0.2, -0.15) is 23.5 Å². The van der Waals surface area contributed by atoms with E-state index in [1.54, 1.807) is 6.92 Å². The topological polar surface area (TPSA) is 195 Å². The smallest absolute Gasteiger partial charge is 0.407 e. The van der Waals surface area contributed by atoms with Gasteiger partial charge >= 0.3 is 41.2 Å². The number of nitrogens with zero attached hydrogens (tertiary/aromatic N) is 3. The van der Waals surface area contributed by atoms with Crippen LogP contribution in [0.1, 0.15) is 19.8 Å². The third-order valence-electron chi connectivity index (χ3n) is 5.53. The second-order valence-corrected chi connectivity index (χ2v) is 11.1. The van der Waals surface area contributed by atoms with Crippen molar-refractivity contribution in [3.05, 3.63) is 56.8 Å². The van der Waals surface area contributed by atoms with Crippen LogP contribution in [0, 0.1) is 0 Å². The quantitative estimate of drug-likeness (QED) is 0.0699. The number of amides is 2. The Bertz CT molecular complexity index is 1220. The number of hydrogen-bond acceptors (Lipinski definition) is 13. The fourth-order valence-corrected chi connectivity index (χ4v) is 4.88. The van der Waals surface area contributed by atoms with E-state index in [2.05, 4.69) is 23.8 Å². The minimum absolute atomic E-state index is 0.00192. The van der Waals surface area contributed by atoms with Gasteiger partial charge in [-0.3, -0.25) is 0 Å². The first-order valence-electron chi connectivity index (χ1n) is 14.2. The van der Waals surface area contributed by atoms with Crippen LogP contribution in [-0.4, -0.2) is 100 Å². The van der Waals surface area contributed by atoms with Gasteiger partial charge in [0.15, 0.2) is 0 Å². The Morgan fingerprint density at radius 1 is 0.644 bits per heavy atom. The van der Waals surface area contributed by atoms with Crippen LogP contribution in [0.25, 0.3) is 0 Å². The first-order valence-corrected chi connectivity index (χ1v) is 16.5. The molecular formula is C27H41N5O11S2. The van der Waals surface area contributed by atoms with E-state index in [9.17, 15) is 33.6 Å². The highest BCUT2D eigenvalue weighted by molar-refractivity contribution is 7.99. The molecule has 0 aliphatic carbocycles. The lowest BCUT2D eigenvalue weighted by Gasteiger charge is -2.13. The predicted molar refractivity (Wildman–Crippen MR) is 170 cm³/mol. The second kappa shape index (κ2) is 23.5. The van der Waals surface area contributed by atoms with Crippen molar-refractivity contribution < 1.29 is 38.1 Å². The molecular weight excluding hydrogens is 634 g/mol. The molecule has 2 amide bonds. The Kier molecular flexibility index (Phi) is 20.4. The molecule has 0 atom stereocenters. The first-order chi connectivity index (χ1) is 21.7. The maximum Gasteiger partial charge on any atom is 0.407 e. The summed E-state index contributed by atoms with van der Waals surface area (Å²) in [4.78, 5) is 83.6. The highest BCUT2D eigenvalue weighted by Crippen LogP contribution is 2.04. The Morgan fingerprint density at radius 2 is 1.04 bits per heavy atom. The third kappa shape index (κ3) is 16.1. The molecule has 1 aromatic rings. The van der Waals surface area contributed by atoms with Gasteiger partial charge in [0.25, 0.3) is 0 Å². The van der Waals surface area contributed by atoms with Crippen LogP contribution >= 0.6 is 23.5 Å². The normalized spacial score (nSPS) is 10.4. The highest BCUT2D eigenvalue weighted by Gasteiger charge is 2.14. The molecule has 0 fully saturated rings. The Balaban J connectivity index is 2.38. The number of carbonyl (C=O) groups is 4. The van der Waals surface area contributed by atoms with Crippen molar-refractivity contribution in [3.8, 4) is 0 Å².